The molecule has 8 nitrogen and oxygen atoms in total. The summed E-state index contributed by atoms with van der Waals surface area (Å²) < 4.78 is 84.1. The van der Waals surface area contributed by atoms with Crippen LogP contribution in [0.15, 0.2) is 53.0 Å². The fraction of sp³-hybridized carbons (Fsp3) is 0.484. The van der Waals surface area contributed by atoms with Crippen LogP contribution in [-0.2, 0) is 4.79 Å². The fourth-order valence-corrected chi connectivity index (χ4v) is 5.23. The van der Waals surface area contributed by atoms with Gasteiger partial charge in [-0.3, -0.25) is 10.1 Å². The summed E-state index contributed by atoms with van der Waals surface area (Å²) in [4.78, 5) is 18.2. The summed E-state index contributed by atoms with van der Waals surface area (Å²) in [7, 11) is 4.13. The van der Waals surface area contributed by atoms with Crippen LogP contribution in [0.4, 0.5) is 32.0 Å². The number of hydrogen-bond donors (Lipinski definition) is 6. The molecule has 0 radical (unpaired) electrons. The van der Waals surface area contributed by atoms with Gasteiger partial charge in [0.15, 0.2) is 11.6 Å². The molecule has 0 fully saturated rings. The van der Waals surface area contributed by atoms with E-state index in [0.717, 1.165) is 24.8 Å². The van der Waals surface area contributed by atoms with Crippen molar-refractivity contribution in [3.05, 3.63) is 71.1 Å². The second-order valence-electron chi connectivity index (χ2n) is 10.6. The lowest BCUT2D eigenvalue weighted by molar-refractivity contribution is -0.171. The Bertz CT molecular complexity index is 1320. The molecule has 0 aliphatic rings. The van der Waals surface area contributed by atoms with Gasteiger partial charge in [-0.15, -0.1) is 0 Å². The van der Waals surface area contributed by atoms with Crippen molar-refractivity contribution in [2.75, 3.05) is 33.0 Å². The van der Waals surface area contributed by atoms with Crippen molar-refractivity contribution in [2.45, 2.75) is 57.9 Å². The summed E-state index contributed by atoms with van der Waals surface area (Å²) in [6.45, 7) is 5.26. The molecule has 0 heterocycles. The molecule has 5 unspecified atom stereocenters. The number of nitrogens with zero attached hydrogens (tertiary/aromatic N) is 1. The number of amides is 1. The Hall–Kier alpha value is -3.62. The number of rotatable bonds is 14. The zero-order valence-electron chi connectivity index (χ0n) is 26.1. The van der Waals surface area contributed by atoms with E-state index in [1.165, 1.54) is 25.2 Å². The Balaban J connectivity index is 2.69. The van der Waals surface area contributed by atoms with Gasteiger partial charge in [0.2, 0.25) is 11.9 Å². The van der Waals surface area contributed by atoms with Gasteiger partial charge in [0.25, 0.3) is 0 Å². The van der Waals surface area contributed by atoms with E-state index in [-0.39, 0.29) is 30.5 Å². The first kappa shape index (κ1) is 37.6. The highest BCUT2D eigenvalue weighted by molar-refractivity contribution is 6.05. The first-order chi connectivity index (χ1) is 21.2. The molecule has 2 aromatic rings. The molecule has 250 valence electrons. The van der Waals surface area contributed by atoms with Crippen molar-refractivity contribution in [1.29, 1.82) is 0 Å². The van der Waals surface area contributed by atoms with Crippen molar-refractivity contribution in [3.8, 4) is 5.75 Å². The van der Waals surface area contributed by atoms with Crippen molar-refractivity contribution >= 4 is 17.6 Å². The van der Waals surface area contributed by atoms with Gasteiger partial charge in [-0.1, -0.05) is 24.6 Å². The number of aliphatic imine (C=N–C) groups is 1. The fourth-order valence-electron chi connectivity index (χ4n) is 5.23. The maximum Gasteiger partial charge on any atom is 0.404 e. The monoisotopic (exact) mass is 644 g/mol. The second-order valence-corrected chi connectivity index (χ2v) is 10.6. The quantitative estimate of drug-likeness (QED) is 0.0713. The number of benzene rings is 2. The number of hydrogen-bond acceptors (Lipinski definition) is 6. The Morgan fingerprint density at radius 2 is 1.64 bits per heavy atom. The molecule has 2 rings (SSSR count). The van der Waals surface area contributed by atoms with E-state index >= 15 is 0 Å². The van der Waals surface area contributed by atoms with E-state index in [2.05, 4.69) is 26.6 Å². The first-order valence-electron chi connectivity index (χ1n) is 14.5. The van der Waals surface area contributed by atoms with Gasteiger partial charge in [-0.05, 0) is 77.7 Å². The molecule has 2 aromatic carbocycles. The van der Waals surface area contributed by atoms with Crippen molar-refractivity contribution in [3.63, 3.8) is 0 Å². The average molecular weight is 645 g/mol. The number of allylic oxidation sites excluding steroid dienone is 1. The molecule has 45 heavy (non-hydrogen) atoms. The summed E-state index contributed by atoms with van der Waals surface area (Å²) >= 11 is 0. The van der Waals surface area contributed by atoms with E-state index in [1.807, 2.05) is 26.8 Å². The zero-order valence-corrected chi connectivity index (χ0v) is 26.1. The van der Waals surface area contributed by atoms with Gasteiger partial charge in [0.1, 0.15) is 17.7 Å². The number of aromatic hydroxyl groups is 1. The van der Waals surface area contributed by atoms with Crippen molar-refractivity contribution in [1.82, 2.24) is 21.3 Å². The van der Waals surface area contributed by atoms with E-state index < -0.39 is 59.3 Å². The Labute approximate surface area is 259 Å². The number of halogens is 6. The average Bonchev–Trinajstić information content (AvgIpc) is 2.96. The van der Waals surface area contributed by atoms with E-state index in [9.17, 15) is 36.2 Å². The molecule has 1 amide bonds. The van der Waals surface area contributed by atoms with Crippen LogP contribution in [0.5, 0.6) is 5.75 Å². The number of alkyl halides is 3. The van der Waals surface area contributed by atoms with Crippen LogP contribution in [-0.4, -0.2) is 62.9 Å². The van der Waals surface area contributed by atoms with Gasteiger partial charge in [-0.2, -0.15) is 13.2 Å². The molecule has 0 aliphatic heterocycles. The van der Waals surface area contributed by atoms with E-state index in [0.29, 0.717) is 18.1 Å². The SMILES string of the molecule is CC=C(C)C(CC)C(CC(NC)c1ccc(O)c(F)c1)N=C(NC(=O)C(CNC)C(NC)C(F)(F)F)Nc1cc(F)cc(F)c1. The lowest BCUT2D eigenvalue weighted by Gasteiger charge is -2.30. The topological polar surface area (TPSA) is 110 Å². The zero-order chi connectivity index (χ0) is 33.9. The van der Waals surface area contributed by atoms with Crippen LogP contribution < -0.4 is 26.6 Å². The number of carbonyl (C=O) groups is 1. The smallest absolute Gasteiger partial charge is 0.404 e. The van der Waals surface area contributed by atoms with Crippen LogP contribution in [0.1, 0.15) is 45.2 Å². The first-order valence-corrected chi connectivity index (χ1v) is 14.5. The summed E-state index contributed by atoms with van der Waals surface area (Å²) in [5.74, 6) is -6.51. The van der Waals surface area contributed by atoms with Gasteiger partial charge < -0.3 is 26.4 Å². The molecular formula is C31H42F6N6O2. The third-order valence-corrected chi connectivity index (χ3v) is 7.63. The standard InChI is InChI=1S/C31H42F6N6O2/c1-7-17(3)22(8-2)26(15-25(39-5)18-9-10-27(44)24(34)11-18)42-30(41-21-13-19(32)12-20(33)14-21)43-29(45)23(16-38-4)28(40-6)31(35,36)37/h7,9-14,22-23,25-26,28,38-40,44H,8,15-16H2,1-6H3,(H2,41,42,43,45). The number of phenols is 1. The van der Waals surface area contributed by atoms with Gasteiger partial charge in [-0.25, -0.2) is 18.2 Å². The highest BCUT2D eigenvalue weighted by Gasteiger charge is 2.46. The number of guanidine groups is 1. The molecule has 5 atom stereocenters. The third-order valence-electron chi connectivity index (χ3n) is 7.63. The molecule has 0 aromatic heterocycles. The third kappa shape index (κ3) is 10.8. The lowest BCUT2D eigenvalue weighted by Crippen LogP contribution is -2.55. The predicted octanol–water partition coefficient (Wildman–Crippen LogP) is 5.39. The lowest BCUT2D eigenvalue weighted by atomic mass is 9.85. The Morgan fingerprint density at radius 1 is 1.00 bits per heavy atom. The molecular weight excluding hydrogens is 602 g/mol. The largest absolute Gasteiger partial charge is 0.505 e. The minimum atomic E-state index is -4.78. The highest BCUT2D eigenvalue weighted by atomic mass is 19.4. The summed E-state index contributed by atoms with van der Waals surface area (Å²) in [6, 6.07) is 3.03. The van der Waals surface area contributed by atoms with E-state index in [4.69, 9.17) is 4.99 Å². The molecule has 0 saturated carbocycles. The number of phenolic OH excluding ortho intramolecular Hbond substituents is 1. The number of anilines is 1. The van der Waals surface area contributed by atoms with Gasteiger partial charge in [0, 0.05) is 30.3 Å². The van der Waals surface area contributed by atoms with E-state index in [1.54, 1.807) is 7.05 Å². The molecule has 0 bridgehead atoms. The van der Waals surface area contributed by atoms with Gasteiger partial charge >= 0.3 is 6.18 Å². The Morgan fingerprint density at radius 3 is 2.13 bits per heavy atom. The molecule has 14 heteroatoms. The predicted molar refractivity (Wildman–Crippen MR) is 163 cm³/mol. The maximum atomic E-state index is 14.3. The Kier molecular flexibility index (Phi) is 14.3. The summed E-state index contributed by atoms with van der Waals surface area (Å²) in [5, 5.41) is 22.6. The van der Waals surface area contributed by atoms with Gasteiger partial charge in [0.05, 0.1) is 12.0 Å². The number of nitrogens with one attached hydrogen (secondary N) is 5. The normalized spacial score (nSPS) is 16.1. The minimum Gasteiger partial charge on any atom is -0.505 e. The van der Waals surface area contributed by atoms with Crippen molar-refractivity contribution < 1.29 is 36.2 Å². The van der Waals surface area contributed by atoms with Crippen LogP contribution >= 0.6 is 0 Å². The van der Waals surface area contributed by atoms with Crippen molar-refractivity contribution in [2.24, 2.45) is 16.8 Å². The molecule has 0 aliphatic carbocycles. The summed E-state index contributed by atoms with van der Waals surface area (Å²) in [6.07, 6.45) is -2.14. The molecule has 0 spiro atoms. The highest BCUT2D eigenvalue weighted by Crippen LogP contribution is 2.31. The summed E-state index contributed by atoms with van der Waals surface area (Å²) in [5.41, 5.74) is 1.27. The number of carbonyl (C=O) groups excluding carboxylic acids is 1. The van der Waals surface area contributed by atoms with Crippen LogP contribution in [0.2, 0.25) is 0 Å². The molecule has 6 N–H and O–H groups in total. The van der Waals surface area contributed by atoms with Crippen LogP contribution in [0.3, 0.4) is 0 Å². The maximum absolute atomic E-state index is 14.3. The van der Waals surface area contributed by atoms with Crippen LogP contribution in [0.25, 0.3) is 0 Å². The second kappa shape index (κ2) is 17.2. The minimum absolute atomic E-state index is 0.141. The molecule has 0 saturated heterocycles. The van der Waals surface area contributed by atoms with Crippen LogP contribution in [0, 0.1) is 29.3 Å².